The van der Waals surface area contributed by atoms with E-state index in [1.807, 2.05) is 38.4 Å². The van der Waals surface area contributed by atoms with Crippen molar-refractivity contribution in [2.75, 3.05) is 27.2 Å². The summed E-state index contributed by atoms with van der Waals surface area (Å²) in [4.78, 5) is 13.5. The average molecular weight is 490 g/mol. The number of nitrogens with zero attached hydrogens (tertiary/aromatic N) is 2. The summed E-state index contributed by atoms with van der Waals surface area (Å²) in [6.45, 7) is 7.20. The molecule has 0 saturated heterocycles. The zero-order chi connectivity index (χ0) is 24.5. The number of allylic oxidation sites excluding steroid dienone is 1. The minimum Gasteiger partial charge on any atom is -0.428 e. The largest absolute Gasteiger partial charge is 0.519 e. The predicted octanol–water partition coefficient (Wildman–Crippen LogP) is 4.54. The van der Waals surface area contributed by atoms with Crippen molar-refractivity contribution in [3.05, 3.63) is 82.2 Å². The maximum atomic E-state index is 14.2. The Morgan fingerprint density at radius 1 is 1.09 bits per heavy atom. The van der Waals surface area contributed by atoms with E-state index in [4.69, 9.17) is 27.4 Å². The lowest BCUT2D eigenvalue weighted by Gasteiger charge is -2.20. The first-order valence-corrected chi connectivity index (χ1v) is 12.1. The standard InChI is InChI=1S/C23H27N2O8P/c1-15-21(32-17(3)30-15)13-28-34(27,29-14-22-16(2)31-23(26)33-22)25-12-18(10-11-24(4)5)19-8-6-7-9-20(19)25/h6-9,12H,3,10-11,13-14H2,1-2,4-5H3. The Hall–Kier alpha value is -3.04. The Bertz CT molecular complexity index is 1350. The molecule has 0 saturated carbocycles. The molecule has 0 N–H and O–H groups in total. The van der Waals surface area contributed by atoms with Crippen LogP contribution in [0.2, 0.25) is 0 Å². The number of hydrogen-bond donors (Lipinski definition) is 0. The van der Waals surface area contributed by atoms with Crippen molar-refractivity contribution in [3.8, 4) is 0 Å². The van der Waals surface area contributed by atoms with E-state index < -0.39 is 13.6 Å². The molecular weight excluding hydrogens is 463 g/mol. The first-order chi connectivity index (χ1) is 16.2. The molecule has 182 valence electrons. The van der Waals surface area contributed by atoms with E-state index >= 15 is 0 Å². The zero-order valence-electron chi connectivity index (χ0n) is 19.5. The van der Waals surface area contributed by atoms with Crippen LogP contribution in [0.15, 0.2) is 68.1 Å². The van der Waals surface area contributed by atoms with Gasteiger partial charge in [0.15, 0.2) is 11.5 Å². The molecule has 2 aromatic heterocycles. The second-order valence-electron chi connectivity index (χ2n) is 8.07. The lowest BCUT2D eigenvalue weighted by molar-refractivity contribution is 0.146. The molecule has 3 heterocycles. The minimum absolute atomic E-state index is 0.111. The van der Waals surface area contributed by atoms with Crippen LogP contribution in [0.25, 0.3) is 10.9 Å². The third-order valence-corrected chi connectivity index (χ3v) is 7.09. The van der Waals surface area contributed by atoms with E-state index in [1.165, 1.54) is 4.34 Å². The van der Waals surface area contributed by atoms with Gasteiger partial charge < -0.3 is 23.2 Å². The van der Waals surface area contributed by atoms with Crippen LogP contribution in [-0.4, -0.2) is 36.5 Å². The summed E-state index contributed by atoms with van der Waals surface area (Å²) in [5.41, 5.74) is 1.68. The molecular formula is C23H27N2O8P. The van der Waals surface area contributed by atoms with Crippen molar-refractivity contribution in [1.82, 2.24) is 9.24 Å². The molecule has 0 fully saturated rings. The van der Waals surface area contributed by atoms with Crippen molar-refractivity contribution in [3.63, 3.8) is 0 Å². The summed E-state index contributed by atoms with van der Waals surface area (Å²) in [6.07, 6.45) is 2.51. The number of hydrogen-bond acceptors (Lipinski definition) is 9. The van der Waals surface area contributed by atoms with Gasteiger partial charge in [-0.05, 0) is 52.6 Å². The molecule has 0 radical (unpaired) electrons. The second-order valence-corrected chi connectivity index (χ2v) is 9.96. The summed E-state index contributed by atoms with van der Waals surface area (Å²) in [5.74, 6) is 0.409. The summed E-state index contributed by atoms with van der Waals surface area (Å²) in [6, 6.07) is 7.58. The number of ether oxygens (including phenoxy) is 2. The Morgan fingerprint density at radius 3 is 2.47 bits per heavy atom. The number of para-hydroxylation sites is 1. The number of rotatable bonds is 10. The van der Waals surface area contributed by atoms with Crippen LogP contribution >= 0.6 is 7.75 Å². The smallest absolute Gasteiger partial charge is 0.428 e. The summed E-state index contributed by atoms with van der Waals surface area (Å²) in [7, 11) is -0.0366. The van der Waals surface area contributed by atoms with E-state index in [0.29, 0.717) is 17.0 Å². The fourth-order valence-electron chi connectivity index (χ4n) is 3.51. The topological polar surface area (TPSA) is 106 Å². The van der Waals surface area contributed by atoms with Gasteiger partial charge in [-0.1, -0.05) is 18.2 Å². The number of likely N-dealkylation sites (N-methyl/N-ethyl adjacent to an activating group) is 1. The third kappa shape index (κ3) is 5.05. The molecule has 1 unspecified atom stereocenters. The molecule has 10 nitrogen and oxygen atoms in total. The van der Waals surface area contributed by atoms with Gasteiger partial charge in [0.2, 0.25) is 0 Å². The molecule has 0 amide bonds. The zero-order valence-corrected chi connectivity index (χ0v) is 20.4. The molecule has 1 aliphatic heterocycles. The normalized spacial score (nSPS) is 15.7. The van der Waals surface area contributed by atoms with Gasteiger partial charge in [0.05, 0.1) is 5.52 Å². The van der Waals surface area contributed by atoms with Gasteiger partial charge >= 0.3 is 13.6 Å². The summed E-state index contributed by atoms with van der Waals surface area (Å²) < 4.78 is 48.0. The van der Waals surface area contributed by atoms with Gasteiger partial charge in [0, 0.05) is 18.1 Å². The highest BCUT2D eigenvalue weighted by atomic mass is 31.2. The van der Waals surface area contributed by atoms with E-state index in [-0.39, 0.29) is 30.7 Å². The van der Waals surface area contributed by atoms with E-state index in [1.54, 1.807) is 20.0 Å². The molecule has 1 aliphatic rings. The van der Waals surface area contributed by atoms with Crippen LogP contribution in [0.4, 0.5) is 0 Å². The van der Waals surface area contributed by atoms with E-state index in [0.717, 1.165) is 23.9 Å². The van der Waals surface area contributed by atoms with Gasteiger partial charge in [-0.2, -0.15) is 0 Å². The van der Waals surface area contributed by atoms with Gasteiger partial charge in [0.25, 0.3) is 5.95 Å². The molecule has 1 aromatic carbocycles. The highest BCUT2D eigenvalue weighted by Crippen LogP contribution is 2.53. The fraction of sp³-hybridized carbons (Fsp3) is 0.348. The average Bonchev–Trinajstić information content (AvgIpc) is 3.43. The first-order valence-electron chi connectivity index (χ1n) is 10.6. The first kappa shape index (κ1) is 24.1. The Balaban J connectivity index is 1.71. The third-order valence-electron chi connectivity index (χ3n) is 5.32. The lowest BCUT2D eigenvalue weighted by Crippen LogP contribution is -2.14. The molecule has 1 atom stereocenters. The van der Waals surface area contributed by atoms with Crippen LogP contribution in [0.3, 0.4) is 0 Å². The highest BCUT2D eigenvalue weighted by Gasteiger charge is 2.33. The summed E-state index contributed by atoms with van der Waals surface area (Å²) in [5, 5.41) is 0.937. The fourth-order valence-corrected chi connectivity index (χ4v) is 5.12. The highest BCUT2D eigenvalue weighted by molar-refractivity contribution is 7.52. The molecule has 0 bridgehead atoms. The molecule has 4 rings (SSSR count). The van der Waals surface area contributed by atoms with Crippen molar-refractivity contribution in [2.45, 2.75) is 26.9 Å². The Kier molecular flexibility index (Phi) is 6.86. The van der Waals surface area contributed by atoms with Gasteiger partial charge in [-0.3, -0.25) is 13.4 Å². The number of aromatic nitrogens is 1. The van der Waals surface area contributed by atoms with Crippen molar-refractivity contribution >= 4 is 18.6 Å². The second kappa shape index (κ2) is 9.68. The van der Waals surface area contributed by atoms with Crippen molar-refractivity contribution < 1.29 is 31.9 Å². The maximum absolute atomic E-state index is 14.2. The van der Waals surface area contributed by atoms with Crippen LogP contribution < -0.4 is 5.82 Å². The quantitative estimate of drug-likeness (QED) is 0.379. The minimum atomic E-state index is -4.02. The molecule has 3 aromatic rings. The molecule has 0 spiro atoms. The summed E-state index contributed by atoms with van der Waals surface area (Å²) >= 11 is 0. The van der Waals surface area contributed by atoms with E-state index in [9.17, 15) is 9.36 Å². The Labute approximate surface area is 196 Å². The van der Waals surface area contributed by atoms with Crippen LogP contribution in [0.5, 0.6) is 0 Å². The number of fused-ring (bicyclic) bond motifs is 1. The van der Waals surface area contributed by atoms with Crippen molar-refractivity contribution in [2.24, 2.45) is 0 Å². The lowest BCUT2D eigenvalue weighted by atomic mass is 10.1. The van der Waals surface area contributed by atoms with E-state index in [2.05, 4.69) is 11.5 Å². The monoisotopic (exact) mass is 490 g/mol. The van der Waals surface area contributed by atoms with Gasteiger partial charge in [0.1, 0.15) is 24.7 Å². The molecule has 34 heavy (non-hydrogen) atoms. The molecule has 11 heteroatoms. The predicted molar refractivity (Wildman–Crippen MR) is 124 cm³/mol. The molecule has 0 aliphatic carbocycles. The maximum Gasteiger partial charge on any atom is 0.519 e. The number of benzene rings is 1. The van der Waals surface area contributed by atoms with Crippen LogP contribution in [0.1, 0.15) is 24.0 Å². The van der Waals surface area contributed by atoms with Gasteiger partial charge in [-0.15, -0.1) is 0 Å². The van der Waals surface area contributed by atoms with Crippen LogP contribution in [-0.2, 0) is 36.1 Å². The van der Waals surface area contributed by atoms with Crippen molar-refractivity contribution in [1.29, 1.82) is 0 Å². The van der Waals surface area contributed by atoms with Gasteiger partial charge in [-0.25, -0.2) is 9.36 Å². The number of aryl methyl sites for hydroxylation is 1. The van der Waals surface area contributed by atoms with Crippen LogP contribution in [0, 0.1) is 6.92 Å². The Morgan fingerprint density at radius 2 is 1.82 bits per heavy atom. The SMILES string of the molecule is C=C1OC(C)=C(COP(=O)(OCc2oc(=O)oc2C)n2cc(CCN(C)C)c3ccccc32)O1.